The first-order valence-electron chi connectivity index (χ1n) is 3.33. The Morgan fingerprint density at radius 2 is 2.64 bits per heavy atom. The Morgan fingerprint density at radius 1 is 1.91 bits per heavy atom. The molecule has 0 saturated carbocycles. The lowest BCUT2D eigenvalue weighted by Gasteiger charge is -2.03. The van der Waals surface area contributed by atoms with Gasteiger partial charge >= 0.3 is 0 Å². The first kappa shape index (κ1) is 8.36. The van der Waals surface area contributed by atoms with Gasteiger partial charge in [0.05, 0.1) is 17.2 Å². The van der Waals surface area contributed by atoms with Crippen LogP contribution in [-0.2, 0) is 11.2 Å². The van der Waals surface area contributed by atoms with Crippen molar-refractivity contribution in [3.8, 4) is 0 Å². The number of nitrogens with zero attached hydrogens (tertiary/aromatic N) is 1. The topological polar surface area (TPSA) is 56.0 Å². The second-order valence-corrected chi connectivity index (χ2v) is 3.12. The summed E-state index contributed by atoms with van der Waals surface area (Å²) in [5, 5.41) is 1.91. The molecule has 1 atom stereocenters. The van der Waals surface area contributed by atoms with Crippen LogP contribution < -0.4 is 5.73 Å². The van der Waals surface area contributed by atoms with Crippen molar-refractivity contribution in [1.29, 1.82) is 0 Å². The summed E-state index contributed by atoms with van der Waals surface area (Å²) in [6, 6.07) is -0.392. The number of carbonyl (C=O) groups excluding carboxylic acids is 1. The van der Waals surface area contributed by atoms with Gasteiger partial charge in [-0.05, 0) is 6.92 Å². The normalized spacial score (nSPS) is 12.9. The fourth-order valence-corrected chi connectivity index (χ4v) is 1.28. The molecule has 0 unspecified atom stereocenters. The third-order valence-electron chi connectivity index (χ3n) is 1.43. The van der Waals surface area contributed by atoms with Crippen molar-refractivity contribution in [3.05, 3.63) is 16.6 Å². The Bertz CT molecular complexity index is 233. The van der Waals surface area contributed by atoms with Crippen molar-refractivity contribution in [3.63, 3.8) is 0 Å². The molecule has 0 fully saturated rings. The number of ketones is 1. The molecule has 3 nitrogen and oxygen atoms in total. The predicted octanol–water partition coefficient (Wildman–Crippen LogP) is 0.602. The monoisotopic (exact) mass is 170 g/mol. The van der Waals surface area contributed by atoms with Crippen molar-refractivity contribution >= 4 is 17.1 Å². The van der Waals surface area contributed by atoms with Crippen LogP contribution in [0.1, 0.15) is 12.6 Å². The van der Waals surface area contributed by atoms with Gasteiger partial charge in [-0.3, -0.25) is 4.79 Å². The molecular weight excluding hydrogens is 160 g/mol. The van der Waals surface area contributed by atoms with E-state index < -0.39 is 6.04 Å². The molecule has 0 saturated heterocycles. The van der Waals surface area contributed by atoms with Crippen molar-refractivity contribution in [2.24, 2.45) is 5.73 Å². The summed E-state index contributed by atoms with van der Waals surface area (Å²) < 4.78 is 0. The minimum Gasteiger partial charge on any atom is -0.321 e. The van der Waals surface area contributed by atoms with Crippen LogP contribution in [0.3, 0.4) is 0 Å². The Balaban J connectivity index is 2.50. The van der Waals surface area contributed by atoms with Gasteiger partial charge in [-0.1, -0.05) is 0 Å². The second-order valence-electron chi connectivity index (χ2n) is 2.40. The van der Waals surface area contributed by atoms with Crippen LogP contribution in [0.5, 0.6) is 0 Å². The van der Waals surface area contributed by atoms with E-state index in [1.54, 1.807) is 5.51 Å². The molecule has 1 rings (SSSR count). The molecule has 1 aromatic rings. The van der Waals surface area contributed by atoms with Crippen LogP contribution in [0.2, 0.25) is 0 Å². The zero-order valence-electron chi connectivity index (χ0n) is 6.28. The minimum atomic E-state index is -0.392. The van der Waals surface area contributed by atoms with Crippen LogP contribution in [0.25, 0.3) is 0 Å². The van der Waals surface area contributed by atoms with Gasteiger partial charge in [0.15, 0.2) is 0 Å². The highest BCUT2D eigenvalue weighted by Gasteiger charge is 2.09. The molecule has 0 aromatic carbocycles. The average molecular weight is 170 g/mol. The summed E-state index contributed by atoms with van der Waals surface area (Å²) in [7, 11) is 0. The zero-order chi connectivity index (χ0) is 8.27. The molecular formula is C7H10N2OS. The number of hydrogen-bond acceptors (Lipinski definition) is 4. The van der Waals surface area contributed by atoms with Gasteiger partial charge in [-0.15, -0.1) is 11.3 Å². The summed E-state index contributed by atoms with van der Waals surface area (Å²) >= 11 is 1.52. The molecule has 1 heterocycles. The molecule has 0 spiro atoms. The van der Waals surface area contributed by atoms with Gasteiger partial charge in [-0.2, -0.15) is 0 Å². The van der Waals surface area contributed by atoms with Crippen LogP contribution in [0.4, 0.5) is 0 Å². The number of hydrogen-bond donors (Lipinski definition) is 1. The fourth-order valence-electron chi connectivity index (χ4n) is 0.707. The first-order chi connectivity index (χ1) is 5.20. The Hall–Kier alpha value is -0.740. The maximum atomic E-state index is 10.7. The molecule has 4 heteroatoms. The highest BCUT2D eigenvalue weighted by molar-refractivity contribution is 7.07. The van der Waals surface area contributed by atoms with Crippen LogP contribution in [0, 0.1) is 0 Å². The highest BCUT2D eigenvalue weighted by atomic mass is 32.1. The second kappa shape index (κ2) is 3.59. The molecule has 0 aliphatic heterocycles. The Kier molecular flexibility index (Phi) is 2.73. The minimum absolute atomic E-state index is 0.0120. The lowest BCUT2D eigenvalue weighted by molar-refractivity contribution is -0.118. The molecule has 60 valence electrons. The lowest BCUT2D eigenvalue weighted by atomic mass is 10.1. The number of carbonyl (C=O) groups is 1. The third-order valence-corrected chi connectivity index (χ3v) is 2.07. The van der Waals surface area contributed by atoms with Crippen LogP contribution in [0.15, 0.2) is 10.9 Å². The van der Waals surface area contributed by atoms with E-state index in [0.717, 1.165) is 5.69 Å². The Morgan fingerprint density at radius 3 is 3.09 bits per heavy atom. The summed E-state index contributed by atoms with van der Waals surface area (Å²) in [4.78, 5) is 14.7. The predicted molar refractivity (Wildman–Crippen MR) is 44.5 cm³/mol. The van der Waals surface area contributed by atoms with Gasteiger partial charge in [0, 0.05) is 11.8 Å². The standard InChI is InChI=1S/C7H10N2OS/c1-5(10)7(8)2-6-3-11-4-9-6/h3-4,7H,2,8H2,1H3/t7-/m0/s1. The van der Waals surface area contributed by atoms with Crippen LogP contribution >= 0.6 is 11.3 Å². The van der Waals surface area contributed by atoms with Crippen molar-refractivity contribution in [2.45, 2.75) is 19.4 Å². The highest BCUT2D eigenvalue weighted by Crippen LogP contribution is 2.03. The average Bonchev–Trinajstić information content (AvgIpc) is 2.39. The molecule has 0 aliphatic carbocycles. The lowest BCUT2D eigenvalue weighted by Crippen LogP contribution is -2.30. The number of Topliss-reactive ketones (excluding diaryl/α,β-unsaturated/α-hetero) is 1. The number of aromatic nitrogens is 1. The van der Waals surface area contributed by atoms with Crippen molar-refractivity contribution < 1.29 is 4.79 Å². The third kappa shape index (κ3) is 2.40. The molecule has 1 aromatic heterocycles. The van der Waals surface area contributed by atoms with E-state index in [4.69, 9.17) is 5.73 Å². The number of thiazole rings is 1. The molecule has 2 N–H and O–H groups in total. The SMILES string of the molecule is CC(=O)[C@@H](N)Cc1cscn1. The summed E-state index contributed by atoms with van der Waals surface area (Å²) in [5.74, 6) is 0.0120. The summed E-state index contributed by atoms with van der Waals surface area (Å²) in [6.45, 7) is 1.50. The largest absolute Gasteiger partial charge is 0.321 e. The molecule has 11 heavy (non-hydrogen) atoms. The zero-order valence-corrected chi connectivity index (χ0v) is 7.10. The molecule has 0 bridgehead atoms. The van der Waals surface area contributed by atoms with Crippen molar-refractivity contribution in [1.82, 2.24) is 4.98 Å². The first-order valence-corrected chi connectivity index (χ1v) is 4.27. The molecule has 0 amide bonds. The Labute approximate surface area is 69.3 Å². The van der Waals surface area contributed by atoms with E-state index in [1.807, 2.05) is 5.38 Å². The maximum Gasteiger partial charge on any atom is 0.146 e. The molecule has 0 aliphatic rings. The van der Waals surface area contributed by atoms with Gasteiger partial charge in [-0.25, -0.2) is 4.98 Å². The van der Waals surface area contributed by atoms with E-state index in [-0.39, 0.29) is 5.78 Å². The van der Waals surface area contributed by atoms with Gasteiger partial charge in [0.25, 0.3) is 0 Å². The number of nitrogens with two attached hydrogens (primary N) is 1. The van der Waals surface area contributed by atoms with Gasteiger partial charge in [0.2, 0.25) is 0 Å². The van der Waals surface area contributed by atoms with Gasteiger partial charge in [0.1, 0.15) is 5.78 Å². The summed E-state index contributed by atoms with van der Waals surface area (Å²) in [5.41, 5.74) is 8.16. The van der Waals surface area contributed by atoms with E-state index in [2.05, 4.69) is 4.98 Å². The van der Waals surface area contributed by atoms with E-state index >= 15 is 0 Å². The van der Waals surface area contributed by atoms with E-state index in [0.29, 0.717) is 6.42 Å². The molecule has 0 radical (unpaired) electrons. The number of rotatable bonds is 3. The van der Waals surface area contributed by atoms with E-state index in [1.165, 1.54) is 18.3 Å². The summed E-state index contributed by atoms with van der Waals surface area (Å²) in [6.07, 6.45) is 0.554. The van der Waals surface area contributed by atoms with E-state index in [9.17, 15) is 4.79 Å². The fraction of sp³-hybridized carbons (Fsp3) is 0.429. The van der Waals surface area contributed by atoms with Gasteiger partial charge < -0.3 is 5.73 Å². The smallest absolute Gasteiger partial charge is 0.146 e. The quantitative estimate of drug-likeness (QED) is 0.722. The maximum absolute atomic E-state index is 10.7. The van der Waals surface area contributed by atoms with Crippen LogP contribution in [-0.4, -0.2) is 16.8 Å². The van der Waals surface area contributed by atoms with Crippen molar-refractivity contribution in [2.75, 3.05) is 0 Å².